The number of H-pyrrole nitrogens is 1. The van der Waals surface area contributed by atoms with Crippen molar-refractivity contribution >= 4 is 15.7 Å². The Labute approximate surface area is 169 Å². The summed E-state index contributed by atoms with van der Waals surface area (Å²) in [5.41, 5.74) is 1.55. The summed E-state index contributed by atoms with van der Waals surface area (Å²) in [5, 5.41) is 9.43. The first-order valence-corrected chi connectivity index (χ1v) is 10.5. The molecule has 148 valence electrons. The van der Waals surface area contributed by atoms with Gasteiger partial charge in [0.1, 0.15) is 11.6 Å². The zero-order chi connectivity index (χ0) is 21.2. The third kappa shape index (κ3) is 4.39. The lowest BCUT2D eigenvalue weighted by Crippen LogP contribution is -2.22. The fourth-order valence-corrected chi connectivity index (χ4v) is 3.91. The third-order valence-corrected chi connectivity index (χ3v) is 5.85. The van der Waals surface area contributed by atoms with Crippen LogP contribution in [0.4, 0.5) is 5.69 Å². The molecule has 0 radical (unpaired) electrons. The van der Waals surface area contributed by atoms with Crippen LogP contribution in [0.15, 0.2) is 70.4 Å². The van der Waals surface area contributed by atoms with Crippen LogP contribution in [0.2, 0.25) is 0 Å². The predicted octanol–water partition coefficient (Wildman–Crippen LogP) is 4.01. The van der Waals surface area contributed by atoms with Crippen LogP contribution in [0.5, 0.6) is 0 Å². The van der Waals surface area contributed by atoms with E-state index in [9.17, 15) is 18.5 Å². The van der Waals surface area contributed by atoms with E-state index in [2.05, 4.69) is 9.71 Å². The van der Waals surface area contributed by atoms with E-state index in [1.807, 2.05) is 26.8 Å². The van der Waals surface area contributed by atoms with Crippen molar-refractivity contribution in [1.82, 2.24) is 4.98 Å². The van der Waals surface area contributed by atoms with Gasteiger partial charge in [-0.3, -0.25) is 9.52 Å². The summed E-state index contributed by atoms with van der Waals surface area (Å²) < 4.78 is 27.4. The first-order valence-electron chi connectivity index (χ1n) is 8.98. The standard InChI is InChI=1S/C22H21N3O3S/c1-22(2,3)20-13-18(19(14-23)21(26)24-20)15-9-11-16(12-10-15)25-29(27,28)17-7-5-4-6-8-17/h4-13,25H,1-3H3,(H,24,26). The molecule has 0 aliphatic carbocycles. The molecule has 2 aromatic carbocycles. The number of anilines is 1. The van der Waals surface area contributed by atoms with Gasteiger partial charge in [0.05, 0.1) is 4.90 Å². The van der Waals surface area contributed by atoms with Gasteiger partial charge in [-0.2, -0.15) is 5.26 Å². The first-order chi connectivity index (χ1) is 13.6. The van der Waals surface area contributed by atoms with Crippen LogP contribution in [-0.2, 0) is 15.4 Å². The topological polar surface area (TPSA) is 103 Å². The average molecular weight is 407 g/mol. The minimum absolute atomic E-state index is 0.0237. The number of nitrogens with zero attached hydrogens (tertiary/aromatic N) is 1. The van der Waals surface area contributed by atoms with Gasteiger partial charge < -0.3 is 4.98 Å². The van der Waals surface area contributed by atoms with Crippen LogP contribution in [0.25, 0.3) is 11.1 Å². The fraction of sp³-hybridized carbons (Fsp3) is 0.182. The lowest BCUT2D eigenvalue weighted by atomic mass is 9.89. The molecule has 3 aromatic rings. The second-order valence-electron chi connectivity index (χ2n) is 7.66. The highest BCUT2D eigenvalue weighted by molar-refractivity contribution is 7.92. The highest BCUT2D eigenvalue weighted by atomic mass is 32.2. The molecule has 6 nitrogen and oxygen atoms in total. The van der Waals surface area contributed by atoms with Crippen molar-refractivity contribution in [2.24, 2.45) is 0 Å². The largest absolute Gasteiger partial charge is 0.325 e. The predicted molar refractivity (Wildman–Crippen MR) is 113 cm³/mol. The monoisotopic (exact) mass is 407 g/mol. The lowest BCUT2D eigenvalue weighted by Gasteiger charge is -2.20. The molecule has 0 bridgehead atoms. The zero-order valence-corrected chi connectivity index (χ0v) is 17.2. The first kappa shape index (κ1) is 20.4. The number of aromatic amines is 1. The average Bonchev–Trinajstić information content (AvgIpc) is 2.67. The number of benzene rings is 2. The Hall–Kier alpha value is -3.37. The summed E-state index contributed by atoms with van der Waals surface area (Å²) in [4.78, 5) is 15.3. The molecular formula is C22H21N3O3S. The summed E-state index contributed by atoms with van der Waals surface area (Å²) in [7, 11) is -3.69. The lowest BCUT2D eigenvalue weighted by molar-refractivity contribution is 0.567. The van der Waals surface area contributed by atoms with Crippen LogP contribution >= 0.6 is 0 Å². The van der Waals surface area contributed by atoms with Crippen molar-refractivity contribution in [3.63, 3.8) is 0 Å². The van der Waals surface area contributed by atoms with Crippen LogP contribution in [-0.4, -0.2) is 13.4 Å². The summed E-state index contributed by atoms with van der Waals surface area (Å²) in [5.74, 6) is 0. The Morgan fingerprint density at radius 1 is 1.00 bits per heavy atom. The summed E-state index contributed by atoms with van der Waals surface area (Å²) in [6.07, 6.45) is 0. The Morgan fingerprint density at radius 3 is 2.17 bits per heavy atom. The maximum Gasteiger partial charge on any atom is 0.266 e. The van der Waals surface area contributed by atoms with E-state index in [4.69, 9.17) is 0 Å². The van der Waals surface area contributed by atoms with Crippen molar-refractivity contribution < 1.29 is 8.42 Å². The number of hydrogen-bond donors (Lipinski definition) is 2. The molecule has 0 aliphatic heterocycles. The summed E-state index contributed by atoms with van der Waals surface area (Å²) >= 11 is 0. The molecule has 0 saturated carbocycles. The van der Waals surface area contributed by atoms with Crippen LogP contribution < -0.4 is 10.3 Å². The van der Waals surface area contributed by atoms with Gasteiger partial charge in [-0.05, 0) is 35.9 Å². The number of nitrogens with one attached hydrogen (secondary N) is 2. The van der Waals surface area contributed by atoms with E-state index in [-0.39, 0.29) is 15.9 Å². The third-order valence-electron chi connectivity index (χ3n) is 4.45. The van der Waals surface area contributed by atoms with E-state index in [0.29, 0.717) is 22.5 Å². The van der Waals surface area contributed by atoms with E-state index in [1.54, 1.807) is 48.5 Å². The van der Waals surface area contributed by atoms with Gasteiger partial charge >= 0.3 is 0 Å². The normalized spacial score (nSPS) is 11.7. The Balaban J connectivity index is 1.98. The molecule has 0 aliphatic rings. The summed E-state index contributed by atoms with van der Waals surface area (Å²) in [6, 6.07) is 18.4. The Kier molecular flexibility index (Phi) is 5.31. The zero-order valence-electron chi connectivity index (χ0n) is 16.4. The van der Waals surface area contributed by atoms with Crippen LogP contribution in [0, 0.1) is 11.3 Å². The second-order valence-corrected chi connectivity index (χ2v) is 9.34. The van der Waals surface area contributed by atoms with Crippen LogP contribution in [0.3, 0.4) is 0 Å². The molecule has 0 amide bonds. The van der Waals surface area contributed by atoms with Crippen molar-refractivity contribution in [2.75, 3.05) is 4.72 Å². The maximum atomic E-state index is 12.5. The molecule has 3 rings (SSSR count). The number of rotatable bonds is 4. The van der Waals surface area contributed by atoms with Gasteiger partial charge in [0.2, 0.25) is 0 Å². The summed E-state index contributed by atoms with van der Waals surface area (Å²) in [6.45, 7) is 5.90. The number of hydrogen-bond acceptors (Lipinski definition) is 4. The minimum Gasteiger partial charge on any atom is -0.325 e. The maximum absolute atomic E-state index is 12.5. The van der Waals surface area contributed by atoms with Gasteiger partial charge in [-0.1, -0.05) is 51.1 Å². The van der Waals surface area contributed by atoms with Crippen molar-refractivity contribution in [2.45, 2.75) is 31.1 Å². The van der Waals surface area contributed by atoms with Crippen molar-refractivity contribution in [1.29, 1.82) is 5.26 Å². The van der Waals surface area contributed by atoms with E-state index < -0.39 is 15.6 Å². The second kappa shape index (κ2) is 7.57. The molecule has 1 aromatic heterocycles. The fourth-order valence-electron chi connectivity index (χ4n) is 2.83. The van der Waals surface area contributed by atoms with Gasteiger partial charge in [-0.25, -0.2) is 8.42 Å². The highest BCUT2D eigenvalue weighted by Crippen LogP contribution is 2.28. The molecule has 1 heterocycles. The smallest absolute Gasteiger partial charge is 0.266 e. The molecule has 0 saturated heterocycles. The molecule has 29 heavy (non-hydrogen) atoms. The number of aromatic nitrogens is 1. The van der Waals surface area contributed by atoms with Crippen molar-refractivity contribution in [3.8, 4) is 17.2 Å². The number of nitriles is 1. The molecule has 2 N–H and O–H groups in total. The van der Waals surface area contributed by atoms with Gasteiger partial charge in [0.25, 0.3) is 15.6 Å². The van der Waals surface area contributed by atoms with Gasteiger partial charge in [0, 0.05) is 22.4 Å². The molecular weight excluding hydrogens is 386 g/mol. The number of sulfonamides is 1. The minimum atomic E-state index is -3.69. The quantitative estimate of drug-likeness (QED) is 0.682. The van der Waals surface area contributed by atoms with Crippen molar-refractivity contribution in [3.05, 3.63) is 82.3 Å². The van der Waals surface area contributed by atoms with E-state index >= 15 is 0 Å². The Morgan fingerprint density at radius 2 is 1.62 bits per heavy atom. The molecule has 7 heteroatoms. The van der Waals surface area contributed by atoms with Crippen LogP contribution in [0.1, 0.15) is 32.0 Å². The highest BCUT2D eigenvalue weighted by Gasteiger charge is 2.20. The molecule has 0 spiro atoms. The van der Waals surface area contributed by atoms with Gasteiger partial charge in [-0.15, -0.1) is 0 Å². The molecule has 0 atom stereocenters. The SMILES string of the molecule is CC(C)(C)c1cc(-c2ccc(NS(=O)(=O)c3ccccc3)cc2)c(C#N)c(=O)[nH]1. The number of pyridine rings is 1. The molecule has 0 unspecified atom stereocenters. The van der Waals surface area contributed by atoms with E-state index in [1.165, 1.54) is 12.1 Å². The molecule has 0 fully saturated rings. The van der Waals surface area contributed by atoms with Gasteiger partial charge in [0.15, 0.2) is 0 Å². The Bertz CT molecular complexity index is 1230. The van der Waals surface area contributed by atoms with E-state index in [0.717, 1.165) is 0 Å².